The van der Waals surface area contributed by atoms with Crippen molar-refractivity contribution in [2.45, 2.75) is 18.9 Å². The Morgan fingerprint density at radius 2 is 1.75 bits per heavy atom. The van der Waals surface area contributed by atoms with Crippen LogP contribution in [0.5, 0.6) is 0 Å². The Balaban J connectivity index is 1.28. The maximum atomic E-state index is 12.7. The molecule has 3 heterocycles. The smallest absolute Gasteiger partial charge is 0.321 e. The second kappa shape index (κ2) is 8.58. The van der Waals surface area contributed by atoms with Gasteiger partial charge in [0.05, 0.1) is 16.7 Å². The molecule has 162 valence electrons. The number of benzene rings is 2. The van der Waals surface area contributed by atoms with Gasteiger partial charge in [-0.15, -0.1) is 0 Å². The van der Waals surface area contributed by atoms with E-state index in [1.54, 1.807) is 6.20 Å². The Morgan fingerprint density at radius 3 is 2.53 bits per heavy atom. The number of carbonyl (C=O) groups is 1. The van der Waals surface area contributed by atoms with Crippen LogP contribution in [0.3, 0.4) is 0 Å². The molecule has 2 aromatic carbocycles. The number of aromatic nitrogens is 3. The number of fused-ring (bicyclic) bond motifs is 1. The monoisotopic (exact) mass is 428 g/mol. The minimum absolute atomic E-state index is 0.0891. The summed E-state index contributed by atoms with van der Waals surface area (Å²) in [6.45, 7) is 1.28. The van der Waals surface area contributed by atoms with Gasteiger partial charge in [0.1, 0.15) is 11.4 Å². The van der Waals surface area contributed by atoms with Crippen molar-refractivity contribution >= 4 is 28.4 Å². The van der Waals surface area contributed by atoms with Crippen LogP contribution in [0.15, 0.2) is 71.7 Å². The molecule has 0 bridgehead atoms. The van der Waals surface area contributed by atoms with Crippen LogP contribution in [-0.4, -0.2) is 45.0 Å². The molecule has 1 aliphatic heterocycles. The number of nitrogens with one attached hydrogen (secondary N) is 4. The number of hydrogen-bond donors (Lipinski definition) is 4. The van der Waals surface area contributed by atoms with Gasteiger partial charge in [0.2, 0.25) is 0 Å². The van der Waals surface area contributed by atoms with E-state index in [2.05, 4.69) is 25.6 Å². The van der Waals surface area contributed by atoms with Gasteiger partial charge in [-0.3, -0.25) is 4.79 Å². The van der Waals surface area contributed by atoms with Gasteiger partial charge in [-0.25, -0.2) is 9.78 Å². The van der Waals surface area contributed by atoms with Crippen molar-refractivity contribution in [3.05, 3.63) is 77.2 Å². The van der Waals surface area contributed by atoms with E-state index in [1.165, 1.54) is 0 Å². The van der Waals surface area contributed by atoms with Crippen LogP contribution in [-0.2, 0) is 0 Å². The molecule has 4 aromatic rings. The van der Waals surface area contributed by atoms with Crippen molar-refractivity contribution in [3.63, 3.8) is 0 Å². The molecule has 0 unspecified atom stereocenters. The van der Waals surface area contributed by atoms with E-state index in [0.29, 0.717) is 24.5 Å². The maximum absolute atomic E-state index is 12.7. The van der Waals surface area contributed by atoms with Gasteiger partial charge in [-0.05, 0) is 43.2 Å². The Labute approximate surface area is 184 Å². The summed E-state index contributed by atoms with van der Waals surface area (Å²) in [6, 6.07) is 19.1. The molecule has 2 amide bonds. The quantitative estimate of drug-likeness (QED) is 0.394. The molecule has 1 aliphatic rings. The first-order valence-electron chi connectivity index (χ1n) is 10.7. The number of carbonyl (C=O) groups excluding carboxylic acids is 1. The summed E-state index contributed by atoms with van der Waals surface area (Å²) in [4.78, 5) is 37.6. The lowest BCUT2D eigenvalue weighted by Crippen LogP contribution is -2.44. The summed E-state index contributed by atoms with van der Waals surface area (Å²) < 4.78 is 0. The van der Waals surface area contributed by atoms with E-state index in [4.69, 9.17) is 0 Å². The van der Waals surface area contributed by atoms with E-state index in [9.17, 15) is 9.59 Å². The molecule has 8 nitrogen and oxygen atoms in total. The van der Waals surface area contributed by atoms with Gasteiger partial charge in [0.15, 0.2) is 0 Å². The molecule has 0 spiro atoms. The van der Waals surface area contributed by atoms with Gasteiger partial charge in [0.25, 0.3) is 5.56 Å². The fourth-order valence-corrected chi connectivity index (χ4v) is 4.08. The number of para-hydroxylation sites is 3. The van der Waals surface area contributed by atoms with Crippen molar-refractivity contribution < 1.29 is 4.79 Å². The minimum Gasteiger partial charge on any atom is -0.381 e. The van der Waals surface area contributed by atoms with Gasteiger partial charge in [0, 0.05) is 31.0 Å². The van der Waals surface area contributed by atoms with Crippen molar-refractivity contribution in [1.82, 2.24) is 19.9 Å². The van der Waals surface area contributed by atoms with Gasteiger partial charge < -0.3 is 25.5 Å². The topological polar surface area (TPSA) is 106 Å². The van der Waals surface area contributed by atoms with Crippen LogP contribution in [0.25, 0.3) is 22.4 Å². The number of hydrogen-bond acceptors (Lipinski definition) is 4. The summed E-state index contributed by atoms with van der Waals surface area (Å²) in [5.41, 5.74) is 3.52. The van der Waals surface area contributed by atoms with Crippen molar-refractivity contribution in [2.24, 2.45) is 0 Å². The van der Waals surface area contributed by atoms with E-state index >= 15 is 0 Å². The third kappa shape index (κ3) is 4.07. The first-order chi connectivity index (χ1) is 15.7. The van der Waals surface area contributed by atoms with Gasteiger partial charge in [-0.1, -0.05) is 30.3 Å². The zero-order chi connectivity index (χ0) is 21.9. The van der Waals surface area contributed by atoms with Crippen LogP contribution in [0.1, 0.15) is 12.8 Å². The highest BCUT2D eigenvalue weighted by Gasteiger charge is 2.24. The zero-order valence-electron chi connectivity index (χ0n) is 17.5. The molecule has 0 radical (unpaired) electrons. The van der Waals surface area contributed by atoms with E-state index in [0.717, 1.165) is 35.2 Å². The number of urea groups is 1. The summed E-state index contributed by atoms with van der Waals surface area (Å²) >= 11 is 0. The first kappa shape index (κ1) is 19.9. The Kier molecular flexibility index (Phi) is 5.33. The molecule has 8 heteroatoms. The molecular weight excluding hydrogens is 404 g/mol. The molecule has 32 heavy (non-hydrogen) atoms. The van der Waals surface area contributed by atoms with Crippen LogP contribution >= 0.6 is 0 Å². The second-order valence-corrected chi connectivity index (χ2v) is 7.90. The summed E-state index contributed by atoms with van der Waals surface area (Å²) in [5, 5.41) is 6.44. The SMILES string of the molecule is O=C(Nc1ccccc1)N1CCC(Nc2cc[nH]c(=O)c2-c2nc3ccccc3[nH]2)CC1. The lowest BCUT2D eigenvalue weighted by molar-refractivity contribution is 0.197. The number of aromatic amines is 2. The standard InChI is InChI=1S/C24H24N6O2/c31-23-21(22-28-18-8-4-5-9-19(18)29-22)20(10-13-25-23)26-17-11-14-30(15-12-17)24(32)27-16-6-2-1-3-7-16/h1-10,13,17H,11-12,14-15H2,(H,27,32)(H,28,29)(H2,25,26,31). The molecule has 1 fully saturated rings. The van der Waals surface area contributed by atoms with Crippen LogP contribution in [0.4, 0.5) is 16.2 Å². The number of nitrogens with zero attached hydrogens (tertiary/aromatic N) is 2. The Morgan fingerprint density at radius 1 is 1.00 bits per heavy atom. The fraction of sp³-hybridized carbons (Fsp3) is 0.208. The predicted octanol–water partition coefficient (Wildman–Crippen LogP) is 4.03. The van der Waals surface area contributed by atoms with Gasteiger partial charge >= 0.3 is 6.03 Å². The van der Waals surface area contributed by atoms with Crippen molar-refractivity contribution in [2.75, 3.05) is 23.7 Å². The largest absolute Gasteiger partial charge is 0.381 e. The average Bonchev–Trinajstić information content (AvgIpc) is 3.24. The Hall–Kier alpha value is -4.07. The number of H-pyrrole nitrogens is 2. The van der Waals surface area contributed by atoms with E-state index < -0.39 is 0 Å². The van der Waals surface area contributed by atoms with Crippen molar-refractivity contribution in [1.29, 1.82) is 0 Å². The van der Waals surface area contributed by atoms with Crippen LogP contribution < -0.4 is 16.2 Å². The number of piperidine rings is 1. The lowest BCUT2D eigenvalue weighted by Gasteiger charge is -2.33. The van der Waals surface area contributed by atoms with E-state index in [-0.39, 0.29) is 17.6 Å². The zero-order valence-corrected chi connectivity index (χ0v) is 17.5. The number of anilines is 2. The Bertz CT molecular complexity index is 1260. The number of rotatable bonds is 4. The molecule has 0 atom stereocenters. The summed E-state index contributed by atoms with van der Waals surface area (Å²) in [5.74, 6) is 0.537. The number of imidazole rings is 1. The normalized spacial score (nSPS) is 14.4. The summed E-state index contributed by atoms with van der Waals surface area (Å²) in [7, 11) is 0. The summed E-state index contributed by atoms with van der Waals surface area (Å²) in [6.07, 6.45) is 3.21. The third-order valence-electron chi connectivity index (χ3n) is 5.75. The lowest BCUT2D eigenvalue weighted by atomic mass is 10.0. The third-order valence-corrected chi connectivity index (χ3v) is 5.75. The molecular formula is C24H24N6O2. The highest BCUT2D eigenvalue weighted by molar-refractivity contribution is 5.89. The molecule has 5 rings (SSSR count). The van der Waals surface area contributed by atoms with Crippen LogP contribution in [0, 0.1) is 0 Å². The average molecular weight is 428 g/mol. The van der Waals surface area contributed by atoms with Crippen molar-refractivity contribution in [3.8, 4) is 11.4 Å². The highest BCUT2D eigenvalue weighted by atomic mass is 16.2. The predicted molar refractivity (Wildman–Crippen MR) is 126 cm³/mol. The molecule has 1 saturated heterocycles. The number of pyridine rings is 1. The fourth-order valence-electron chi connectivity index (χ4n) is 4.08. The molecule has 0 aliphatic carbocycles. The number of amides is 2. The maximum Gasteiger partial charge on any atom is 0.321 e. The highest BCUT2D eigenvalue weighted by Crippen LogP contribution is 2.26. The number of likely N-dealkylation sites (tertiary alicyclic amines) is 1. The molecule has 2 aromatic heterocycles. The van der Waals surface area contributed by atoms with E-state index in [1.807, 2.05) is 65.6 Å². The first-order valence-corrected chi connectivity index (χ1v) is 10.7. The molecule has 4 N–H and O–H groups in total. The molecule has 0 saturated carbocycles. The minimum atomic E-state index is -0.200. The van der Waals surface area contributed by atoms with Gasteiger partial charge in [-0.2, -0.15) is 0 Å². The second-order valence-electron chi connectivity index (χ2n) is 7.90. The van der Waals surface area contributed by atoms with Crippen LogP contribution in [0.2, 0.25) is 0 Å².